The molecule has 1 aliphatic heterocycles. The normalized spacial score (nSPS) is 20.5. The average molecular weight is 871 g/mol. The number of hydrogen-bond acceptors (Lipinski definition) is 11. The van der Waals surface area contributed by atoms with Gasteiger partial charge in [0.05, 0.1) is 6.61 Å². The van der Waals surface area contributed by atoms with E-state index in [0.29, 0.717) is 12.8 Å². The maximum absolute atomic E-state index is 12.8. The van der Waals surface area contributed by atoms with Gasteiger partial charge in [0, 0.05) is 12.8 Å². The summed E-state index contributed by atoms with van der Waals surface area (Å²) in [6.45, 7) is 3.68. The van der Waals surface area contributed by atoms with Crippen molar-refractivity contribution >= 4 is 22.1 Å². The molecule has 6 atom stereocenters. The summed E-state index contributed by atoms with van der Waals surface area (Å²) in [6.07, 6.45) is 34.4. The van der Waals surface area contributed by atoms with E-state index in [1.165, 1.54) is 83.5 Å². The topological polar surface area (TPSA) is 186 Å². The fourth-order valence-electron chi connectivity index (χ4n) is 6.74. The zero-order valence-corrected chi connectivity index (χ0v) is 37.9. The van der Waals surface area contributed by atoms with Crippen LogP contribution in [0.4, 0.5) is 0 Å². The lowest BCUT2D eigenvalue weighted by Gasteiger charge is -2.40. The Kier molecular flexibility index (Phi) is 34.5. The molecule has 348 valence electrons. The minimum absolute atomic E-state index is 0.153. The Morgan fingerprint density at radius 2 is 1.00 bits per heavy atom. The maximum atomic E-state index is 12.8. The van der Waals surface area contributed by atoms with Gasteiger partial charge in [0.1, 0.15) is 36.8 Å². The molecule has 4 N–H and O–H groups in total. The highest BCUT2D eigenvalue weighted by molar-refractivity contribution is 7.85. The fourth-order valence-corrected chi connectivity index (χ4v) is 7.43. The monoisotopic (exact) mass is 871 g/mol. The molecule has 60 heavy (non-hydrogen) atoms. The van der Waals surface area contributed by atoms with E-state index in [-0.39, 0.29) is 19.4 Å². The molecule has 0 radical (unpaired) electrons. The molecule has 2 unspecified atom stereocenters. The van der Waals surface area contributed by atoms with E-state index >= 15 is 0 Å². The summed E-state index contributed by atoms with van der Waals surface area (Å²) in [5.41, 5.74) is 0. The highest BCUT2D eigenvalue weighted by atomic mass is 32.2. The molecule has 0 spiro atoms. The first-order chi connectivity index (χ1) is 29.0. The van der Waals surface area contributed by atoms with Gasteiger partial charge in [0.25, 0.3) is 10.1 Å². The number of aliphatic hydroxyl groups is 3. The number of carbonyl (C=O) groups excluding carboxylic acids is 2. The summed E-state index contributed by atoms with van der Waals surface area (Å²) in [4.78, 5) is 25.4. The zero-order chi connectivity index (χ0) is 44.1. The quantitative estimate of drug-likeness (QED) is 0.0200. The van der Waals surface area contributed by atoms with E-state index in [4.69, 9.17) is 18.9 Å². The number of esters is 2. The van der Waals surface area contributed by atoms with Crippen LogP contribution in [-0.2, 0) is 38.7 Å². The van der Waals surface area contributed by atoms with Gasteiger partial charge < -0.3 is 34.3 Å². The summed E-state index contributed by atoms with van der Waals surface area (Å²) in [5.74, 6) is -2.04. The van der Waals surface area contributed by atoms with Crippen LogP contribution in [0.15, 0.2) is 48.6 Å². The van der Waals surface area contributed by atoms with Crippen LogP contribution in [0.3, 0.4) is 0 Å². The Morgan fingerprint density at radius 1 is 0.567 bits per heavy atom. The van der Waals surface area contributed by atoms with Crippen LogP contribution in [-0.4, -0.2) is 96.0 Å². The standard InChI is InChI=1S/C47H82O12S/c1-3-5-7-9-11-13-15-17-19-20-22-24-26-28-30-32-34-36-43(49)58-40(38-57-47-46(52)45(51)44(50)41(59-47)39-60(53,54)55)37-56-42(48)35-33-31-29-27-25-23-21-18-16-14-12-10-8-6-4-2/h12-15,18,21,25,27,40-41,44-47,50-52H,3-11,16-17,19-20,22-24,26,28-39H2,1-2H3,(H,53,54,55)/b14-12+,15-13+,21-18+,27-25+/t40-,41-,44-,45?,46?,47+/m1/s1. The van der Waals surface area contributed by atoms with E-state index in [9.17, 15) is 37.9 Å². The number of rotatable bonds is 38. The molecule has 0 bridgehead atoms. The van der Waals surface area contributed by atoms with E-state index in [1.807, 2.05) is 0 Å². The molecule has 13 heteroatoms. The van der Waals surface area contributed by atoms with Crippen LogP contribution in [0.25, 0.3) is 0 Å². The first kappa shape index (κ1) is 55.6. The van der Waals surface area contributed by atoms with Crippen molar-refractivity contribution in [3.05, 3.63) is 48.6 Å². The molecule has 0 aromatic carbocycles. The van der Waals surface area contributed by atoms with Gasteiger partial charge in [-0.2, -0.15) is 8.42 Å². The van der Waals surface area contributed by atoms with Crippen molar-refractivity contribution in [2.75, 3.05) is 19.0 Å². The number of hydrogen-bond donors (Lipinski definition) is 4. The van der Waals surface area contributed by atoms with Crippen LogP contribution in [0.2, 0.25) is 0 Å². The van der Waals surface area contributed by atoms with E-state index in [1.54, 1.807) is 0 Å². The summed E-state index contributed by atoms with van der Waals surface area (Å²) in [5, 5.41) is 30.9. The molecule has 0 aromatic heterocycles. The number of ether oxygens (including phenoxy) is 4. The Labute approximate surface area is 363 Å². The summed E-state index contributed by atoms with van der Waals surface area (Å²) >= 11 is 0. The minimum Gasteiger partial charge on any atom is -0.462 e. The third-order valence-corrected chi connectivity index (χ3v) is 11.1. The number of unbranched alkanes of at least 4 members (excludes halogenated alkanes) is 18. The van der Waals surface area contributed by atoms with Gasteiger partial charge in [-0.3, -0.25) is 14.1 Å². The van der Waals surface area contributed by atoms with Gasteiger partial charge in [0.15, 0.2) is 12.4 Å². The van der Waals surface area contributed by atoms with Gasteiger partial charge in [-0.05, 0) is 77.0 Å². The van der Waals surface area contributed by atoms with Crippen molar-refractivity contribution in [3.63, 3.8) is 0 Å². The van der Waals surface area contributed by atoms with Crippen LogP contribution < -0.4 is 0 Å². The summed E-state index contributed by atoms with van der Waals surface area (Å²) in [6, 6.07) is 0. The van der Waals surface area contributed by atoms with E-state index < -0.39 is 71.2 Å². The summed E-state index contributed by atoms with van der Waals surface area (Å²) < 4.78 is 54.0. The largest absolute Gasteiger partial charge is 0.462 e. The van der Waals surface area contributed by atoms with Gasteiger partial charge in [-0.1, -0.05) is 140 Å². The molecule has 1 saturated heterocycles. The van der Waals surface area contributed by atoms with Crippen molar-refractivity contribution < 1.29 is 56.8 Å². The minimum atomic E-state index is -4.61. The smallest absolute Gasteiger partial charge is 0.306 e. The van der Waals surface area contributed by atoms with Crippen molar-refractivity contribution in [1.29, 1.82) is 0 Å². The van der Waals surface area contributed by atoms with Crippen LogP contribution in [0.1, 0.15) is 181 Å². The first-order valence-electron chi connectivity index (χ1n) is 23.2. The lowest BCUT2D eigenvalue weighted by molar-refractivity contribution is -0.297. The summed E-state index contributed by atoms with van der Waals surface area (Å²) in [7, 11) is -4.61. The highest BCUT2D eigenvalue weighted by Gasteiger charge is 2.46. The molecule has 1 aliphatic rings. The number of aliphatic hydroxyl groups excluding tert-OH is 3. The molecule has 0 saturated carbocycles. The lowest BCUT2D eigenvalue weighted by Crippen LogP contribution is -2.60. The molecule has 0 aliphatic carbocycles. The second-order valence-electron chi connectivity index (χ2n) is 16.1. The van der Waals surface area contributed by atoms with Crippen molar-refractivity contribution in [1.82, 2.24) is 0 Å². The first-order valence-corrected chi connectivity index (χ1v) is 24.8. The molecule has 0 aromatic rings. The Hall–Kier alpha value is -2.39. The van der Waals surface area contributed by atoms with Crippen molar-refractivity contribution in [2.45, 2.75) is 218 Å². The molecule has 1 heterocycles. The second kappa shape index (κ2) is 37.2. The number of carbonyl (C=O) groups is 2. The molecular formula is C47H82O12S. The second-order valence-corrected chi connectivity index (χ2v) is 17.6. The molecule has 1 fully saturated rings. The molecule has 1 rings (SSSR count). The SMILES string of the molecule is CCCCC/C=C/C/C=C/C/C=C/CCCCC(=O)OC[C@H](CO[C@H]1O[C@H](CS(=O)(=O)O)[C@@H](O)C(O)C1O)OC(=O)CCCCCCCCCCC/C=C/CCCCCC. The third-order valence-electron chi connectivity index (χ3n) is 10.4. The Morgan fingerprint density at radius 3 is 1.57 bits per heavy atom. The van der Waals surface area contributed by atoms with Gasteiger partial charge in [0.2, 0.25) is 0 Å². The van der Waals surface area contributed by atoms with Gasteiger partial charge in [-0.15, -0.1) is 0 Å². The predicted molar refractivity (Wildman–Crippen MR) is 238 cm³/mol. The van der Waals surface area contributed by atoms with Crippen molar-refractivity contribution in [2.24, 2.45) is 0 Å². The molecule has 0 amide bonds. The van der Waals surface area contributed by atoms with Crippen LogP contribution in [0.5, 0.6) is 0 Å². The molecule has 12 nitrogen and oxygen atoms in total. The Bertz CT molecular complexity index is 1300. The zero-order valence-electron chi connectivity index (χ0n) is 37.1. The fraction of sp³-hybridized carbons (Fsp3) is 0.787. The molecular weight excluding hydrogens is 789 g/mol. The number of allylic oxidation sites excluding steroid dienone is 8. The van der Waals surface area contributed by atoms with Crippen LogP contribution in [0, 0.1) is 0 Å². The predicted octanol–water partition coefficient (Wildman–Crippen LogP) is 9.56. The third kappa shape index (κ3) is 31.5. The van der Waals surface area contributed by atoms with Gasteiger partial charge >= 0.3 is 11.9 Å². The van der Waals surface area contributed by atoms with Crippen molar-refractivity contribution in [3.8, 4) is 0 Å². The highest BCUT2D eigenvalue weighted by Crippen LogP contribution is 2.24. The van der Waals surface area contributed by atoms with E-state index in [2.05, 4.69) is 62.5 Å². The van der Waals surface area contributed by atoms with Gasteiger partial charge in [-0.25, -0.2) is 0 Å². The Balaban J connectivity index is 2.46. The van der Waals surface area contributed by atoms with E-state index in [0.717, 1.165) is 57.8 Å². The average Bonchev–Trinajstić information content (AvgIpc) is 3.21. The maximum Gasteiger partial charge on any atom is 0.306 e. The van der Waals surface area contributed by atoms with Crippen LogP contribution >= 0.6 is 0 Å². The lowest BCUT2D eigenvalue weighted by atomic mass is 10.00.